The van der Waals surface area contributed by atoms with Gasteiger partial charge in [-0.2, -0.15) is 0 Å². The molecule has 0 radical (unpaired) electrons. The van der Waals surface area contributed by atoms with E-state index in [1.165, 1.54) is 23.4 Å². The number of fused-ring (bicyclic) bond motifs is 1. The molecule has 0 saturated carbocycles. The highest BCUT2D eigenvalue weighted by Gasteiger charge is 2.35. The highest BCUT2D eigenvalue weighted by Crippen LogP contribution is 2.45. The first-order valence-electron chi connectivity index (χ1n) is 7.76. The molecule has 21 heavy (non-hydrogen) atoms. The minimum Gasteiger partial charge on any atom is -0.337 e. The van der Waals surface area contributed by atoms with Crippen LogP contribution in [0.25, 0.3) is 0 Å². The molecule has 3 rings (SSSR count). The Morgan fingerprint density at radius 1 is 0.952 bits per heavy atom. The highest BCUT2D eigenvalue weighted by atomic mass is 15.2. The molecule has 2 aromatic rings. The fraction of sp³-hybridized carbons (Fsp3) is 0.368. The van der Waals surface area contributed by atoms with Gasteiger partial charge >= 0.3 is 0 Å². The zero-order valence-corrected chi connectivity index (χ0v) is 13.2. The normalized spacial score (nSPS) is 20.9. The summed E-state index contributed by atoms with van der Waals surface area (Å²) in [5.74, 6) is 0.571. The zero-order chi connectivity index (χ0) is 14.8. The van der Waals surface area contributed by atoms with Crippen molar-refractivity contribution in [2.75, 3.05) is 25.5 Å². The molecule has 1 heterocycles. The van der Waals surface area contributed by atoms with Gasteiger partial charge in [0.15, 0.2) is 0 Å². The molecule has 2 heteroatoms. The molecule has 2 unspecified atom stereocenters. The van der Waals surface area contributed by atoms with E-state index in [0.29, 0.717) is 12.0 Å². The number of para-hydroxylation sites is 2. The minimum atomic E-state index is 0.534. The van der Waals surface area contributed by atoms with Crippen molar-refractivity contribution in [1.82, 2.24) is 4.90 Å². The lowest BCUT2D eigenvalue weighted by atomic mass is 9.95. The van der Waals surface area contributed by atoms with Crippen LogP contribution >= 0.6 is 0 Å². The third kappa shape index (κ3) is 2.68. The lowest BCUT2D eigenvalue weighted by Crippen LogP contribution is -2.32. The smallest absolute Gasteiger partial charge is 0.0449 e. The topological polar surface area (TPSA) is 6.48 Å². The largest absolute Gasteiger partial charge is 0.337 e. The van der Waals surface area contributed by atoms with Gasteiger partial charge in [0, 0.05) is 23.3 Å². The van der Waals surface area contributed by atoms with E-state index in [4.69, 9.17) is 0 Å². The average molecular weight is 280 g/mol. The van der Waals surface area contributed by atoms with Gasteiger partial charge in [-0.05, 0) is 50.8 Å². The third-order valence-corrected chi connectivity index (χ3v) is 4.50. The van der Waals surface area contributed by atoms with Crippen molar-refractivity contribution in [3.63, 3.8) is 0 Å². The Bertz CT molecular complexity index is 592. The lowest BCUT2D eigenvalue weighted by Gasteiger charge is -2.30. The first-order chi connectivity index (χ1) is 10.2. The number of rotatable bonds is 4. The highest BCUT2D eigenvalue weighted by molar-refractivity contribution is 5.72. The van der Waals surface area contributed by atoms with E-state index < -0.39 is 0 Å². The summed E-state index contributed by atoms with van der Waals surface area (Å²) in [6, 6.07) is 20.2. The summed E-state index contributed by atoms with van der Waals surface area (Å²) >= 11 is 0. The molecule has 1 aliphatic rings. The molecule has 2 aromatic carbocycles. The number of hydrogen-bond acceptors (Lipinski definition) is 2. The summed E-state index contributed by atoms with van der Waals surface area (Å²) in [5, 5.41) is 0. The molecule has 0 aromatic heterocycles. The Balaban J connectivity index is 1.99. The molecule has 1 aliphatic heterocycles. The Morgan fingerprint density at radius 2 is 1.62 bits per heavy atom. The Kier molecular flexibility index (Phi) is 3.98. The molecule has 2 atom stereocenters. The van der Waals surface area contributed by atoms with Gasteiger partial charge in [0.2, 0.25) is 0 Å². The van der Waals surface area contributed by atoms with Gasteiger partial charge in [-0.1, -0.05) is 43.3 Å². The van der Waals surface area contributed by atoms with Crippen LogP contribution < -0.4 is 4.90 Å². The number of hydrogen-bond donors (Lipinski definition) is 0. The second-order valence-electron chi connectivity index (χ2n) is 6.21. The van der Waals surface area contributed by atoms with E-state index >= 15 is 0 Å². The van der Waals surface area contributed by atoms with Gasteiger partial charge in [-0.3, -0.25) is 0 Å². The summed E-state index contributed by atoms with van der Waals surface area (Å²) in [4.78, 5) is 4.81. The van der Waals surface area contributed by atoms with Gasteiger partial charge < -0.3 is 9.80 Å². The van der Waals surface area contributed by atoms with Crippen molar-refractivity contribution in [3.8, 4) is 0 Å². The monoisotopic (exact) mass is 280 g/mol. The first kappa shape index (κ1) is 14.2. The van der Waals surface area contributed by atoms with E-state index in [1.807, 2.05) is 0 Å². The van der Waals surface area contributed by atoms with E-state index in [2.05, 4.69) is 85.4 Å². The Morgan fingerprint density at radius 3 is 2.33 bits per heavy atom. The number of benzene rings is 2. The summed E-state index contributed by atoms with van der Waals surface area (Å²) < 4.78 is 0. The van der Waals surface area contributed by atoms with Crippen LogP contribution in [-0.2, 0) is 0 Å². The van der Waals surface area contributed by atoms with Gasteiger partial charge in [-0.15, -0.1) is 0 Å². The van der Waals surface area contributed by atoms with Crippen molar-refractivity contribution >= 4 is 11.4 Å². The SMILES string of the molecule is CC1c2ccccc2N(c2ccccc2)C1CCN(C)C. The molecule has 0 bridgehead atoms. The van der Waals surface area contributed by atoms with Gasteiger partial charge in [0.05, 0.1) is 0 Å². The number of anilines is 2. The van der Waals surface area contributed by atoms with Crippen LogP contribution in [0.4, 0.5) is 11.4 Å². The second-order valence-corrected chi connectivity index (χ2v) is 6.21. The minimum absolute atomic E-state index is 0.534. The van der Waals surface area contributed by atoms with Crippen molar-refractivity contribution < 1.29 is 0 Å². The quantitative estimate of drug-likeness (QED) is 0.825. The van der Waals surface area contributed by atoms with Crippen LogP contribution in [0.2, 0.25) is 0 Å². The molecule has 0 aliphatic carbocycles. The lowest BCUT2D eigenvalue weighted by molar-refractivity contribution is 0.372. The molecule has 0 saturated heterocycles. The molecule has 110 valence electrons. The zero-order valence-electron chi connectivity index (χ0n) is 13.2. The maximum atomic E-state index is 2.53. The van der Waals surface area contributed by atoms with E-state index in [-0.39, 0.29) is 0 Å². The molecule has 0 spiro atoms. The summed E-state index contributed by atoms with van der Waals surface area (Å²) in [6.45, 7) is 3.48. The maximum Gasteiger partial charge on any atom is 0.0449 e. The van der Waals surface area contributed by atoms with Crippen LogP contribution in [0.5, 0.6) is 0 Å². The molecule has 0 fully saturated rings. The standard InChI is InChI=1S/C19H24N2/c1-15-17-11-7-8-12-19(17)21(16-9-5-4-6-10-16)18(15)13-14-20(2)3/h4-12,15,18H,13-14H2,1-3H3. The van der Waals surface area contributed by atoms with Crippen molar-refractivity contribution in [2.24, 2.45) is 0 Å². The third-order valence-electron chi connectivity index (χ3n) is 4.50. The van der Waals surface area contributed by atoms with Crippen LogP contribution in [0.3, 0.4) is 0 Å². The molecular weight excluding hydrogens is 256 g/mol. The number of nitrogens with zero attached hydrogens (tertiary/aromatic N) is 2. The fourth-order valence-electron chi connectivity index (χ4n) is 3.39. The predicted molar refractivity (Wildman–Crippen MR) is 90.4 cm³/mol. The molecule has 0 N–H and O–H groups in total. The summed E-state index contributed by atoms with van der Waals surface area (Å²) in [5.41, 5.74) is 4.16. The predicted octanol–water partition coefficient (Wildman–Crippen LogP) is 4.26. The fourth-order valence-corrected chi connectivity index (χ4v) is 3.39. The van der Waals surface area contributed by atoms with E-state index in [1.54, 1.807) is 0 Å². The van der Waals surface area contributed by atoms with Gasteiger partial charge in [0.1, 0.15) is 0 Å². The van der Waals surface area contributed by atoms with E-state index in [0.717, 1.165) is 6.54 Å². The maximum absolute atomic E-state index is 2.53. The van der Waals surface area contributed by atoms with Crippen LogP contribution in [-0.4, -0.2) is 31.6 Å². The van der Waals surface area contributed by atoms with E-state index in [9.17, 15) is 0 Å². The van der Waals surface area contributed by atoms with Gasteiger partial charge in [0.25, 0.3) is 0 Å². The Labute approximate surface area is 128 Å². The van der Waals surface area contributed by atoms with Crippen molar-refractivity contribution in [1.29, 1.82) is 0 Å². The summed E-state index contributed by atoms with van der Waals surface area (Å²) in [7, 11) is 4.30. The average Bonchev–Trinajstić information content (AvgIpc) is 2.79. The van der Waals surface area contributed by atoms with Gasteiger partial charge in [-0.25, -0.2) is 0 Å². The van der Waals surface area contributed by atoms with Crippen LogP contribution in [0.1, 0.15) is 24.8 Å². The summed E-state index contributed by atoms with van der Waals surface area (Å²) in [6.07, 6.45) is 1.18. The first-order valence-corrected chi connectivity index (χ1v) is 7.76. The Hall–Kier alpha value is -1.80. The van der Waals surface area contributed by atoms with Crippen LogP contribution in [0.15, 0.2) is 54.6 Å². The molecular formula is C19H24N2. The second kappa shape index (κ2) is 5.90. The van der Waals surface area contributed by atoms with Crippen molar-refractivity contribution in [3.05, 3.63) is 60.2 Å². The molecule has 2 nitrogen and oxygen atoms in total. The van der Waals surface area contributed by atoms with Crippen molar-refractivity contribution in [2.45, 2.75) is 25.3 Å². The molecule has 0 amide bonds. The van der Waals surface area contributed by atoms with Crippen LogP contribution in [0, 0.1) is 0 Å².